The van der Waals surface area contributed by atoms with Crippen molar-refractivity contribution in [2.75, 3.05) is 5.73 Å². The molecular weight excluding hydrogens is 326 g/mol. The highest BCUT2D eigenvalue weighted by atomic mass is 16.1. The fraction of sp³-hybridized carbons (Fsp3) is 0.150. The van der Waals surface area contributed by atoms with Crippen LogP contribution in [0.25, 0.3) is 5.69 Å². The van der Waals surface area contributed by atoms with Crippen LogP contribution in [0.1, 0.15) is 39.5 Å². The summed E-state index contributed by atoms with van der Waals surface area (Å²) in [4.78, 5) is 12.7. The Kier molecular flexibility index (Phi) is 3.90. The number of fused-ring (bicyclic) bond motifs is 1. The highest BCUT2D eigenvalue weighted by Crippen LogP contribution is 2.31. The molecule has 0 unspecified atom stereocenters. The van der Waals surface area contributed by atoms with Gasteiger partial charge in [0.2, 0.25) is 0 Å². The van der Waals surface area contributed by atoms with E-state index in [-0.39, 0.29) is 17.8 Å². The molecule has 4 rings (SSSR count). The second-order valence-corrected chi connectivity index (χ2v) is 6.28. The number of anilines is 1. The van der Waals surface area contributed by atoms with Gasteiger partial charge in [0.1, 0.15) is 17.5 Å². The maximum absolute atomic E-state index is 12.7. The number of carbonyl (C=O) groups excluding carboxylic acids is 1. The average Bonchev–Trinajstić information content (AvgIpc) is 3.25. The second-order valence-electron chi connectivity index (χ2n) is 6.28. The maximum atomic E-state index is 12.7. The molecular formula is C20H17N5O. The quantitative estimate of drug-likeness (QED) is 0.764. The smallest absolute Gasteiger partial charge is 0.251 e. The molecule has 1 aromatic heterocycles. The Labute approximate surface area is 150 Å². The molecule has 1 aliphatic rings. The summed E-state index contributed by atoms with van der Waals surface area (Å²) in [6.07, 6.45) is 3.29. The molecule has 1 heterocycles. The molecule has 1 amide bonds. The highest BCUT2D eigenvalue weighted by molar-refractivity contribution is 5.95. The number of hydrogen-bond acceptors (Lipinski definition) is 4. The molecule has 0 aliphatic heterocycles. The molecule has 26 heavy (non-hydrogen) atoms. The Morgan fingerprint density at radius 2 is 2.12 bits per heavy atom. The standard InChI is InChI=1S/C20H17N5O/c21-11-15-12-23-25(19(15)22)16-6-3-5-14(10-16)20(26)24-18-9-8-13-4-1-2-7-17(13)18/h1-7,10,12,18H,8-9,22H2,(H,24,26)/t18-/m1/s1. The fourth-order valence-electron chi connectivity index (χ4n) is 3.38. The van der Waals surface area contributed by atoms with Gasteiger partial charge in [-0.05, 0) is 42.2 Å². The van der Waals surface area contributed by atoms with Gasteiger partial charge in [-0.15, -0.1) is 0 Å². The van der Waals surface area contributed by atoms with Gasteiger partial charge in [0.15, 0.2) is 0 Å². The van der Waals surface area contributed by atoms with Crippen molar-refractivity contribution in [3.05, 3.63) is 77.0 Å². The van der Waals surface area contributed by atoms with Crippen LogP contribution in [0.3, 0.4) is 0 Å². The lowest BCUT2D eigenvalue weighted by molar-refractivity contribution is 0.0936. The molecule has 3 aromatic rings. The van der Waals surface area contributed by atoms with E-state index < -0.39 is 0 Å². The highest BCUT2D eigenvalue weighted by Gasteiger charge is 2.24. The van der Waals surface area contributed by atoms with Gasteiger partial charge in [-0.25, -0.2) is 4.68 Å². The molecule has 0 saturated carbocycles. The Hall–Kier alpha value is -3.59. The number of nitriles is 1. The number of nitrogens with two attached hydrogens (primary N) is 1. The molecule has 3 N–H and O–H groups in total. The van der Waals surface area contributed by atoms with Crippen molar-refractivity contribution in [3.8, 4) is 11.8 Å². The third-order valence-electron chi connectivity index (χ3n) is 4.72. The SMILES string of the molecule is N#Cc1cnn(-c2cccc(C(=O)N[C@@H]3CCc4ccccc43)c2)c1N. The summed E-state index contributed by atoms with van der Waals surface area (Å²) < 4.78 is 1.46. The second kappa shape index (κ2) is 6.37. The van der Waals surface area contributed by atoms with Crippen LogP contribution in [0.4, 0.5) is 5.82 Å². The van der Waals surface area contributed by atoms with Gasteiger partial charge in [0.05, 0.1) is 17.9 Å². The van der Waals surface area contributed by atoms with Crippen molar-refractivity contribution in [1.29, 1.82) is 5.26 Å². The molecule has 6 nitrogen and oxygen atoms in total. The number of nitrogen functional groups attached to an aromatic ring is 1. The monoisotopic (exact) mass is 343 g/mol. The molecule has 2 aromatic carbocycles. The zero-order valence-electron chi connectivity index (χ0n) is 14.0. The summed E-state index contributed by atoms with van der Waals surface area (Å²) in [7, 11) is 0. The summed E-state index contributed by atoms with van der Waals surface area (Å²) in [5.74, 6) is 0.120. The molecule has 0 spiro atoms. The lowest BCUT2D eigenvalue weighted by Crippen LogP contribution is -2.27. The lowest BCUT2D eigenvalue weighted by atomic mass is 10.1. The van der Waals surface area contributed by atoms with Gasteiger partial charge >= 0.3 is 0 Å². The number of carbonyl (C=O) groups is 1. The third kappa shape index (κ3) is 2.70. The van der Waals surface area contributed by atoms with Gasteiger partial charge in [0.25, 0.3) is 5.91 Å². The van der Waals surface area contributed by atoms with Crippen molar-refractivity contribution in [2.24, 2.45) is 0 Å². The zero-order chi connectivity index (χ0) is 18.1. The van der Waals surface area contributed by atoms with Crippen LogP contribution in [-0.2, 0) is 6.42 Å². The summed E-state index contributed by atoms with van der Waals surface area (Å²) in [5.41, 5.74) is 9.89. The minimum absolute atomic E-state index is 0.0299. The van der Waals surface area contributed by atoms with E-state index in [0.717, 1.165) is 12.8 Å². The minimum atomic E-state index is -0.139. The van der Waals surface area contributed by atoms with E-state index in [2.05, 4.69) is 22.5 Å². The number of nitrogens with one attached hydrogen (secondary N) is 1. The molecule has 0 bridgehead atoms. The van der Waals surface area contributed by atoms with Crippen LogP contribution in [0.2, 0.25) is 0 Å². The average molecular weight is 343 g/mol. The van der Waals surface area contributed by atoms with Gasteiger partial charge in [-0.1, -0.05) is 30.3 Å². The summed E-state index contributed by atoms with van der Waals surface area (Å²) >= 11 is 0. The lowest BCUT2D eigenvalue weighted by Gasteiger charge is -2.14. The van der Waals surface area contributed by atoms with Crippen LogP contribution in [0.15, 0.2) is 54.7 Å². The molecule has 128 valence electrons. The maximum Gasteiger partial charge on any atom is 0.251 e. The van der Waals surface area contributed by atoms with Gasteiger partial charge in [-0.3, -0.25) is 4.79 Å². The van der Waals surface area contributed by atoms with E-state index in [4.69, 9.17) is 11.0 Å². The Morgan fingerprint density at radius 3 is 2.92 bits per heavy atom. The van der Waals surface area contributed by atoms with Crippen molar-refractivity contribution >= 4 is 11.7 Å². The first-order chi connectivity index (χ1) is 12.7. The number of nitrogens with zero attached hydrogens (tertiary/aromatic N) is 3. The Morgan fingerprint density at radius 1 is 1.27 bits per heavy atom. The van der Waals surface area contributed by atoms with Crippen LogP contribution >= 0.6 is 0 Å². The van der Waals surface area contributed by atoms with Crippen LogP contribution in [0.5, 0.6) is 0 Å². The summed E-state index contributed by atoms with van der Waals surface area (Å²) in [6, 6.07) is 17.3. The number of aryl methyl sites for hydroxylation is 1. The number of benzene rings is 2. The van der Waals surface area contributed by atoms with E-state index in [1.54, 1.807) is 24.3 Å². The summed E-state index contributed by atoms with van der Waals surface area (Å²) in [5, 5.41) is 16.3. The van der Waals surface area contributed by atoms with E-state index in [0.29, 0.717) is 16.8 Å². The van der Waals surface area contributed by atoms with Crippen LogP contribution in [-0.4, -0.2) is 15.7 Å². The third-order valence-corrected chi connectivity index (χ3v) is 4.72. The van der Waals surface area contributed by atoms with Crippen molar-refractivity contribution in [3.63, 3.8) is 0 Å². The fourth-order valence-corrected chi connectivity index (χ4v) is 3.38. The largest absolute Gasteiger partial charge is 0.382 e. The van der Waals surface area contributed by atoms with E-state index >= 15 is 0 Å². The van der Waals surface area contributed by atoms with Crippen LogP contribution in [0, 0.1) is 11.3 Å². The van der Waals surface area contributed by atoms with Gasteiger partial charge < -0.3 is 11.1 Å². The molecule has 0 radical (unpaired) electrons. The Balaban J connectivity index is 1.58. The number of aromatic nitrogens is 2. The topological polar surface area (TPSA) is 96.7 Å². The zero-order valence-corrected chi connectivity index (χ0v) is 14.0. The van der Waals surface area contributed by atoms with E-state index in [1.165, 1.54) is 22.0 Å². The number of amides is 1. The van der Waals surface area contributed by atoms with Crippen molar-refractivity contribution < 1.29 is 4.79 Å². The minimum Gasteiger partial charge on any atom is -0.382 e. The molecule has 0 fully saturated rings. The van der Waals surface area contributed by atoms with Crippen molar-refractivity contribution in [2.45, 2.75) is 18.9 Å². The molecule has 1 aliphatic carbocycles. The predicted molar refractivity (Wildman–Crippen MR) is 97.7 cm³/mol. The van der Waals surface area contributed by atoms with Gasteiger partial charge in [-0.2, -0.15) is 10.4 Å². The van der Waals surface area contributed by atoms with Crippen molar-refractivity contribution in [1.82, 2.24) is 15.1 Å². The molecule has 1 atom stereocenters. The van der Waals surface area contributed by atoms with Gasteiger partial charge in [0, 0.05) is 5.56 Å². The Bertz CT molecular complexity index is 1030. The van der Waals surface area contributed by atoms with Crippen LogP contribution < -0.4 is 11.1 Å². The first-order valence-corrected chi connectivity index (χ1v) is 8.40. The normalized spacial score (nSPS) is 15.3. The first kappa shape index (κ1) is 15.9. The summed E-state index contributed by atoms with van der Waals surface area (Å²) in [6.45, 7) is 0. The first-order valence-electron chi connectivity index (χ1n) is 8.40. The number of hydrogen-bond donors (Lipinski definition) is 2. The molecule has 6 heteroatoms. The van der Waals surface area contributed by atoms with E-state index in [9.17, 15) is 4.79 Å². The van der Waals surface area contributed by atoms with E-state index in [1.807, 2.05) is 18.2 Å². The predicted octanol–water partition coefficient (Wildman–Crippen LogP) is 2.74. The molecule has 0 saturated heterocycles. The number of rotatable bonds is 3.